The van der Waals surface area contributed by atoms with E-state index in [9.17, 15) is 14.4 Å². The normalized spacial score (nSPS) is 17.2. The molecule has 1 unspecified atom stereocenters. The van der Waals surface area contributed by atoms with E-state index in [1.165, 1.54) is 19.3 Å². The molecule has 7 nitrogen and oxygen atoms in total. The SMILES string of the molecule is CCC(=O)N1CCC(NC(=O)c2ccc(C(=O)NC)cn2)C1. The number of carbonyl (C=O) groups is 3. The van der Waals surface area contributed by atoms with Crippen molar-refractivity contribution >= 4 is 17.7 Å². The van der Waals surface area contributed by atoms with Crippen molar-refractivity contribution in [2.75, 3.05) is 20.1 Å². The maximum absolute atomic E-state index is 12.1. The molecule has 2 heterocycles. The standard InChI is InChI=1S/C15H20N4O3/c1-3-13(20)19-7-6-11(9-19)18-15(22)12-5-4-10(8-17-12)14(21)16-2/h4-5,8,11H,3,6-7,9H2,1-2H3,(H,16,21)(H,18,22). The number of amides is 3. The van der Waals surface area contributed by atoms with Gasteiger partial charge in [0.15, 0.2) is 0 Å². The summed E-state index contributed by atoms with van der Waals surface area (Å²) in [5.41, 5.74) is 0.660. The van der Waals surface area contributed by atoms with Gasteiger partial charge in [-0.15, -0.1) is 0 Å². The quantitative estimate of drug-likeness (QED) is 0.830. The number of nitrogens with zero attached hydrogens (tertiary/aromatic N) is 2. The number of nitrogens with one attached hydrogen (secondary N) is 2. The van der Waals surface area contributed by atoms with Crippen LogP contribution in [0.1, 0.15) is 40.6 Å². The lowest BCUT2D eigenvalue weighted by molar-refractivity contribution is -0.129. The Morgan fingerprint density at radius 2 is 2.09 bits per heavy atom. The fraction of sp³-hybridized carbons (Fsp3) is 0.467. The third kappa shape index (κ3) is 3.60. The lowest BCUT2D eigenvalue weighted by Crippen LogP contribution is -2.38. The van der Waals surface area contributed by atoms with E-state index in [2.05, 4.69) is 15.6 Å². The summed E-state index contributed by atoms with van der Waals surface area (Å²) < 4.78 is 0. The Labute approximate surface area is 129 Å². The molecule has 2 N–H and O–H groups in total. The Bertz CT molecular complexity index is 571. The Hall–Kier alpha value is -2.44. The molecule has 1 aliphatic rings. The molecule has 3 amide bonds. The van der Waals surface area contributed by atoms with E-state index in [0.29, 0.717) is 25.1 Å². The highest BCUT2D eigenvalue weighted by Gasteiger charge is 2.26. The Morgan fingerprint density at radius 3 is 2.68 bits per heavy atom. The predicted molar refractivity (Wildman–Crippen MR) is 80.4 cm³/mol. The molecule has 1 fully saturated rings. The van der Waals surface area contributed by atoms with Crippen molar-refractivity contribution in [3.05, 3.63) is 29.6 Å². The zero-order valence-electron chi connectivity index (χ0n) is 12.8. The van der Waals surface area contributed by atoms with E-state index in [1.54, 1.807) is 11.0 Å². The minimum absolute atomic E-state index is 0.0524. The smallest absolute Gasteiger partial charge is 0.270 e. The van der Waals surface area contributed by atoms with Crippen molar-refractivity contribution in [1.29, 1.82) is 0 Å². The minimum Gasteiger partial charge on any atom is -0.355 e. The number of hydrogen-bond acceptors (Lipinski definition) is 4. The largest absolute Gasteiger partial charge is 0.355 e. The Kier molecular flexibility index (Phi) is 5.08. The van der Waals surface area contributed by atoms with Gasteiger partial charge in [0.05, 0.1) is 5.56 Å². The molecule has 1 aromatic rings. The molecule has 118 valence electrons. The van der Waals surface area contributed by atoms with Gasteiger partial charge < -0.3 is 15.5 Å². The van der Waals surface area contributed by atoms with Gasteiger partial charge in [0.1, 0.15) is 5.69 Å². The van der Waals surface area contributed by atoms with Gasteiger partial charge in [0, 0.05) is 38.8 Å². The average molecular weight is 304 g/mol. The van der Waals surface area contributed by atoms with Gasteiger partial charge in [-0.2, -0.15) is 0 Å². The van der Waals surface area contributed by atoms with Crippen LogP contribution >= 0.6 is 0 Å². The summed E-state index contributed by atoms with van der Waals surface area (Å²) >= 11 is 0. The highest BCUT2D eigenvalue weighted by Crippen LogP contribution is 2.11. The van der Waals surface area contributed by atoms with Gasteiger partial charge >= 0.3 is 0 Å². The second-order valence-electron chi connectivity index (χ2n) is 5.16. The van der Waals surface area contributed by atoms with Crippen LogP contribution < -0.4 is 10.6 Å². The molecule has 7 heteroatoms. The van der Waals surface area contributed by atoms with Crippen LogP contribution in [0.15, 0.2) is 18.3 Å². The number of likely N-dealkylation sites (tertiary alicyclic amines) is 1. The van der Waals surface area contributed by atoms with Crippen LogP contribution in [0.5, 0.6) is 0 Å². The highest BCUT2D eigenvalue weighted by atomic mass is 16.2. The van der Waals surface area contributed by atoms with Crippen LogP contribution in [-0.4, -0.2) is 53.8 Å². The molecule has 0 bridgehead atoms. The molecule has 0 aromatic carbocycles. The van der Waals surface area contributed by atoms with Gasteiger partial charge in [-0.3, -0.25) is 19.4 Å². The van der Waals surface area contributed by atoms with E-state index in [1.807, 2.05) is 6.92 Å². The van der Waals surface area contributed by atoms with E-state index >= 15 is 0 Å². The highest BCUT2D eigenvalue weighted by molar-refractivity contribution is 5.96. The van der Waals surface area contributed by atoms with Crippen molar-refractivity contribution in [1.82, 2.24) is 20.5 Å². The molecular weight excluding hydrogens is 284 g/mol. The second kappa shape index (κ2) is 7.02. The van der Waals surface area contributed by atoms with Crippen molar-refractivity contribution in [2.24, 2.45) is 0 Å². The molecule has 1 aromatic heterocycles. The molecule has 1 atom stereocenters. The van der Waals surface area contributed by atoms with Crippen LogP contribution in [0.25, 0.3) is 0 Å². The van der Waals surface area contributed by atoms with Crippen LogP contribution in [0.3, 0.4) is 0 Å². The minimum atomic E-state index is -0.292. The summed E-state index contributed by atoms with van der Waals surface area (Å²) in [6.45, 7) is 3.03. The lowest BCUT2D eigenvalue weighted by atomic mass is 10.2. The predicted octanol–water partition coefficient (Wildman–Crippen LogP) is 0.182. The molecule has 0 radical (unpaired) electrons. The molecule has 0 spiro atoms. The van der Waals surface area contributed by atoms with E-state index in [4.69, 9.17) is 0 Å². The average Bonchev–Trinajstić information content (AvgIpc) is 3.01. The summed E-state index contributed by atoms with van der Waals surface area (Å²) in [7, 11) is 1.53. The zero-order valence-corrected chi connectivity index (χ0v) is 12.8. The monoisotopic (exact) mass is 304 g/mol. The van der Waals surface area contributed by atoms with Crippen molar-refractivity contribution in [3.63, 3.8) is 0 Å². The summed E-state index contributed by atoms with van der Waals surface area (Å²) in [5.74, 6) is -0.437. The van der Waals surface area contributed by atoms with Crippen LogP contribution in [0.4, 0.5) is 0 Å². The third-order valence-electron chi connectivity index (χ3n) is 3.66. The van der Waals surface area contributed by atoms with Crippen LogP contribution in [0.2, 0.25) is 0 Å². The van der Waals surface area contributed by atoms with Crippen molar-refractivity contribution in [3.8, 4) is 0 Å². The van der Waals surface area contributed by atoms with Gasteiger partial charge in [-0.1, -0.05) is 6.92 Å². The molecule has 1 saturated heterocycles. The molecule has 1 aliphatic heterocycles. The van der Waals surface area contributed by atoms with Gasteiger partial charge in [-0.25, -0.2) is 0 Å². The van der Waals surface area contributed by atoms with E-state index < -0.39 is 0 Å². The number of hydrogen-bond donors (Lipinski definition) is 2. The summed E-state index contributed by atoms with van der Waals surface area (Å²) in [4.78, 5) is 40.9. The van der Waals surface area contributed by atoms with Crippen LogP contribution in [0, 0.1) is 0 Å². The van der Waals surface area contributed by atoms with Crippen molar-refractivity contribution in [2.45, 2.75) is 25.8 Å². The molecule has 2 rings (SSSR count). The molecule has 0 aliphatic carbocycles. The lowest BCUT2D eigenvalue weighted by Gasteiger charge is -2.16. The van der Waals surface area contributed by atoms with Crippen LogP contribution in [-0.2, 0) is 4.79 Å². The molecule has 22 heavy (non-hydrogen) atoms. The summed E-state index contributed by atoms with van der Waals surface area (Å²) in [6.07, 6.45) is 2.59. The maximum atomic E-state index is 12.1. The van der Waals surface area contributed by atoms with E-state index in [-0.39, 0.29) is 29.5 Å². The molecule has 0 saturated carbocycles. The number of carbonyl (C=O) groups excluding carboxylic acids is 3. The Morgan fingerprint density at radius 1 is 1.32 bits per heavy atom. The molecular formula is C15H20N4O3. The second-order valence-corrected chi connectivity index (χ2v) is 5.16. The Balaban J connectivity index is 1.93. The zero-order chi connectivity index (χ0) is 16.1. The van der Waals surface area contributed by atoms with Gasteiger partial charge in [0.2, 0.25) is 5.91 Å². The fourth-order valence-corrected chi connectivity index (χ4v) is 2.39. The number of rotatable bonds is 4. The van der Waals surface area contributed by atoms with Gasteiger partial charge in [0.25, 0.3) is 11.8 Å². The summed E-state index contributed by atoms with van der Waals surface area (Å²) in [5, 5.41) is 5.36. The number of pyridine rings is 1. The fourth-order valence-electron chi connectivity index (χ4n) is 2.39. The number of aromatic nitrogens is 1. The van der Waals surface area contributed by atoms with E-state index in [0.717, 1.165) is 6.42 Å². The first kappa shape index (κ1) is 15.9. The third-order valence-corrected chi connectivity index (χ3v) is 3.66. The first-order valence-corrected chi connectivity index (χ1v) is 7.32. The topological polar surface area (TPSA) is 91.4 Å². The first-order valence-electron chi connectivity index (χ1n) is 7.32. The van der Waals surface area contributed by atoms with Crippen molar-refractivity contribution < 1.29 is 14.4 Å². The maximum Gasteiger partial charge on any atom is 0.270 e. The summed E-state index contributed by atoms with van der Waals surface area (Å²) in [6, 6.07) is 3.02. The van der Waals surface area contributed by atoms with Gasteiger partial charge in [-0.05, 0) is 18.6 Å². The first-order chi connectivity index (χ1) is 10.5.